The highest BCUT2D eigenvalue weighted by molar-refractivity contribution is 5.77. The van der Waals surface area contributed by atoms with Crippen molar-refractivity contribution in [3.05, 3.63) is 90.8 Å². The molecular weight excluding hydrogens is 456 g/mol. The molecule has 2 aromatic rings. The van der Waals surface area contributed by atoms with Gasteiger partial charge < -0.3 is 5.21 Å². The zero-order valence-electron chi connectivity index (χ0n) is 15.4. The Morgan fingerprint density at radius 3 is 1.52 bits per heavy atom. The van der Waals surface area contributed by atoms with Crippen LogP contribution in [0.5, 0.6) is 0 Å². The van der Waals surface area contributed by atoms with Crippen molar-refractivity contribution in [3.63, 3.8) is 0 Å². The normalized spacial score (nSPS) is 10.5. The van der Waals surface area contributed by atoms with E-state index in [4.69, 9.17) is 11.1 Å². The molecule has 0 aromatic heterocycles. The van der Waals surface area contributed by atoms with E-state index in [1.807, 2.05) is 0 Å². The molecule has 0 N–H and O–H groups in total. The van der Waals surface area contributed by atoms with Crippen LogP contribution in [0.4, 0.5) is 45.5 Å². The third-order valence-electron chi connectivity index (χ3n) is 3.62. The number of hydrogen-bond donors (Lipinski definition) is 0. The topological polar surface area (TPSA) is 309 Å². The summed E-state index contributed by atoms with van der Waals surface area (Å²) < 4.78 is 0. The predicted octanol–water partition coefficient (Wildman–Crippen LogP) is 5.13. The van der Waals surface area contributed by atoms with E-state index in [0.29, 0.717) is 24.3 Å². The van der Waals surface area contributed by atoms with E-state index >= 15 is 0 Å². The van der Waals surface area contributed by atoms with Crippen LogP contribution in [0.1, 0.15) is 0 Å². The van der Waals surface area contributed by atoms with Gasteiger partial charge in [0, 0.05) is 21.0 Å². The molecule has 0 atom stereocenters. The van der Waals surface area contributed by atoms with E-state index in [2.05, 4.69) is 25.2 Å². The predicted molar refractivity (Wildman–Crippen MR) is 102 cm³/mol. The summed E-state index contributed by atoms with van der Waals surface area (Å²) in [5, 5.41) is 66.4. The van der Waals surface area contributed by atoms with Crippen molar-refractivity contribution in [1.82, 2.24) is 0 Å². The highest BCUT2D eigenvalue weighted by atomic mass is 16.6. The Balaban J connectivity index is 2.98. The number of azo groups is 1. The second-order valence-electron chi connectivity index (χ2n) is 5.45. The zero-order chi connectivity index (χ0) is 24.9. The van der Waals surface area contributed by atoms with E-state index in [1.54, 1.807) is 0 Å². The molecule has 0 spiro atoms. The Labute approximate surface area is 177 Å². The van der Waals surface area contributed by atoms with Gasteiger partial charge in [-0.25, -0.2) is 0 Å². The Morgan fingerprint density at radius 1 is 0.636 bits per heavy atom. The molecule has 0 heterocycles. The van der Waals surface area contributed by atoms with Crippen molar-refractivity contribution in [2.75, 3.05) is 0 Å². The van der Waals surface area contributed by atoms with Crippen LogP contribution in [0.25, 0.3) is 20.9 Å². The minimum absolute atomic E-state index is 0.394. The first-order valence-corrected chi connectivity index (χ1v) is 7.74. The van der Waals surface area contributed by atoms with Gasteiger partial charge in [0.05, 0.1) is 37.9 Å². The van der Waals surface area contributed by atoms with Crippen LogP contribution < -0.4 is 0 Å². The number of azide groups is 2. The van der Waals surface area contributed by atoms with Crippen molar-refractivity contribution in [3.8, 4) is 0 Å². The summed E-state index contributed by atoms with van der Waals surface area (Å²) in [4.78, 5) is 44.0. The number of nitrogens with zero attached hydrogens (tertiary/aromatic N) is 12. The molecule has 2 aromatic carbocycles. The first-order valence-electron chi connectivity index (χ1n) is 7.74. The molecule has 0 aliphatic heterocycles. The minimum atomic E-state index is -1.20. The van der Waals surface area contributed by atoms with Crippen molar-refractivity contribution in [2.45, 2.75) is 0 Å². The fourth-order valence-electron chi connectivity index (χ4n) is 2.34. The van der Waals surface area contributed by atoms with Crippen LogP contribution in [-0.4, -0.2) is 24.6 Å². The van der Waals surface area contributed by atoms with E-state index in [9.17, 15) is 45.7 Å². The zero-order valence-corrected chi connectivity index (χ0v) is 15.4. The van der Waals surface area contributed by atoms with Crippen LogP contribution in [-0.2, 0) is 0 Å². The second-order valence-corrected chi connectivity index (χ2v) is 5.45. The third-order valence-corrected chi connectivity index (χ3v) is 3.62. The molecule has 0 saturated heterocycles. The summed E-state index contributed by atoms with van der Waals surface area (Å²) in [6.45, 7) is 0. The SMILES string of the molecule is [N-]=[N+]=Nc1c(N=[N+]([O-])c2cc([N+](=O)[O-])cc([N+](=O)[O-])c2N=[N+]=[N-])cc([N+](=O)[O-])cc1[N+](=O)[O-]. The van der Waals surface area contributed by atoms with Crippen LogP contribution in [0.3, 0.4) is 0 Å². The molecule has 0 amide bonds. The fourth-order valence-corrected chi connectivity index (χ4v) is 2.34. The van der Waals surface area contributed by atoms with Gasteiger partial charge >= 0.3 is 0 Å². The summed E-state index contributed by atoms with van der Waals surface area (Å²) in [6.07, 6.45) is 0. The highest BCUT2D eigenvalue weighted by Crippen LogP contribution is 2.44. The number of hydrogen-bond acceptors (Lipinski definition) is 12. The molecule has 33 heavy (non-hydrogen) atoms. The average molecular weight is 460 g/mol. The number of nitro benzene ring substituents is 4. The number of rotatable bonds is 8. The maximum atomic E-state index is 12.6. The molecule has 0 aliphatic carbocycles. The maximum Gasteiger partial charge on any atom is 0.292 e. The molecule has 21 nitrogen and oxygen atoms in total. The lowest BCUT2D eigenvalue weighted by Gasteiger charge is -2.05. The standard InChI is InChI=1S/C12H4N12O9/c13-18-15-11-7(1-5(21(26)27)3-9(11)23(30)31)17-20(25)8-2-6(22(28)29)4-10(24(32)33)12(8)16-19-14/h1-4H. The Bertz CT molecular complexity index is 1360. The Hall–Kier alpha value is -5.94. The van der Waals surface area contributed by atoms with E-state index in [1.165, 1.54) is 0 Å². The lowest BCUT2D eigenvalue weighted by molar-refractivity contribution is -0.437. The van der Waals surface area contributed by atoms with Gasteiger partial charge in [0.25, 0.3) is 28.4 Å². The monoisotopic (exact) mass is 460 g/mol. The van der Waals surface area contributed by atoms with Gasteiger partial charge in [-0.3, -0.25) is 40.5 Å². The van der Waals surface area contributed by atoms with Gasteiger partial charge in [0.1, 0.15) is 5.69 Å². The van der Waals surface area contributed by atoms with Gasteiger partial charge in [-0.2, -0.15) is 0 Å². The fraction of sp³-hybridized carbons (Fsp3) is 0. The smallest absolute Gasteiger partial charge is 0.292 e. The molecule has 166 valence electrons. The van der Waals surface area contributed by atoms with E-state index in [-0.39, 0.29) is 0 Å². The van der Waals surface area contributed by atoms with Crippen LogP contribution in [0.2, 0.25) is 0 Å². The average Bonchev–Trinajstić information content (AvgIpc) is 2.74. The summed E-state index contributed by atoms with van der Waals surface area (Å²) in [5.74, 6) is 0. The molecule has 0 fully saturated rings. The molecule has 0 unspecified atom stereocenters. The molecule has 0 radical (unpaired) electrons. The van der Waals surface area contributed by atoms with Crippen LogP contribution in [0, 0.1) is 45.7 Å². The van der Waals surface area contributed by atoms with Gasteiger partial charge in [0.15, 0.2) is 11.4 Å². The van der Waals surface area contributed by atoms with Gasteiger partial charge in [-0.1, -0.05) is 5.11 Å². The Kier molecular flexibility index (Phi) is 6.54. The Morgan fingerprint density at radius 2 is 1.06 bits per heavy atom. The lowest BCUT2D eigenvalue weighted by Crippen LogP contribution is -1.99. The van der Waals surface area contributed by atoms with Gasteiger partial charge in [0.2, 0.25) is 0 Å². The van der Waals surface area contributed by atoms with Crippen molar-refractivity contribution in [1.29, 1.82) is 0 Å². The summed E-state index contributed by atoms with van der Waals surface area (Å²) in [6, 6.07) is 1.75. The quantitative estimate of drug-likeness (QED) is 0.125. The minimum Gasteiger partial charge on any atom is -0.594 e. The summed E-state index contributed by atoms with van der Waals surface area (Å²) in [7, 11) is 0. The molecule has 0 aliphatic rings. The molecule has 0 saturated carbocycles. The van der Waals surface area contributed by atoms with E-state index < -0.39 is 70.1 Å². The van der Waals surface area contributed by atoms with Crippen molar-refractivity contribution < 1.29 is 24.6 Å². The molecule has 0 bridgehead atoms. The van der Waals surface area contributed by atoms with Gasteiger partial charge in [-0.15, -0.1) is 0 Å². The maximum absolute atomic E-state index is 12.6. The number of nitro groups is 4. The van der Waals surface area contributed by atoms with Gasteiger partial charge in [-0.05, 0) is 21.0 Å². The highest BCUT2D eigenvalue weighted by Gasteiger charge is 2.30. The second kappa shape index (κ2) is 9.25. The molecular formula is C12H4N12O9. The molecule has 2 rings (SSSR count). The van der Waals surface area contributed by atoms with Crippen molar-refractivity contribution in [2.24, 2.45) is 15.3 Å². The van der Waals surface area contributed by atoms with E-state index in [0.717, 1.165) is 0 Å². The summed E-state index contributed by atoms with van der Waals surface area (Å²) in [5.41, 5.74) is 9.12. The van der Waals surface area contributed by atoms with Crippen LogP contribution >= 0.6 is 0 Å². The largest absolute Gasteiger partial charge is 0.594 e. The third kappa shape index (κ3) is 4.80. The molecule has 21 heteroatoms. The first kappa shape index (κ1) is 23.3. The number of benzene rings is 2. The summed E-state index contributed by atoms with van der Waals surface area (Å²) >= 11 is 0. The first-order chi connectivity index (χ1) is 15.5. The number of non-ortho nitro benzene ring substituents is 2. The lowest BCUT2D eigenvalue weighted by atomic mass is 10.2. The van der Waals surface area contributed by atoms with Crippen LogP contribution in [0.15, 0.2) is 39.6 Å². The van der Waals surface area contributed by atoms with Crippen molar-refractivity contribution >= 4 is 45.5 Å².